The zero-order chi connectivity index (χ0) is 7.11. The molecule has 0 rings (SSSR count). The number of rotatable bonds is 5. The maximum Gasteiger partial charge on any atom is 0.0842 e. The zero-order valence-corrected chi connectivity index (χ0v) is 7.26. The first-order valence-electron chi connectivity index (χ1n) is 2.93. The molecule has 0 N–H and O–H groups in total. The summed E-state index contributed by atoms with van der Waals surface area (Å²) in [5.74, 6) is 1.60. The summed E-state index contributed by atoms with van der Waals surface area (Å²) < 4.78 is 10.8. The van der Waals surface area contributed by atoms with E-state index < -0.39 is 9.83 Å². The lowest BCUT2D eigenvalue weighted by Gasteiger charge is -1.93. The first-order chi connectivity index (χ1) is 4.31. The lowest BCUT2D eigenvalue weighted by Crippen LogP contribution is -1.87. The average molecular weight is 164 g/mol. The van der Waals surface area contributed by atoms with E-state index in [0.29, 0.717) is 5.75 Å². The molecule has 0 spiro atoms. The van der Waals surface area contributed by atoms with Crippen LogP contribution in [0.5, 0.6) is 0 Å². The molecule has 0 aliphatic carbocycles. The molecule has 0 saturated carbocycles. The second-order valence-corrected chi connectivity index (χ2v) is 4.99. The molecule has 0 radical (unpaired) electrons. The standard InChI is InChI=1S/C6H12OS2/c1-3-5-8-9(7)6-4-2/h4H,2-3,5-6H2,1H3. The molecule has 0 bridgehead atoms. The minimum atomic E-state index is -0.721. The van der Waals surface area contributed by atoms with Gasteiger partial charge in [0.2, 0.25) is 0 Å². The van der Waals surface area contributed by atoms with E-state index in [0.717, 1.165) is 12.2 Å². The maximum atomic E-state index is 10.8. The molecule has 1 unspecified atom stereocenters. The molecule has 0 amide bonds. The number of hydrogen-bond donors (Lipinski definition) is 0. The van der Waals surface area contributed by atoms with Crippen molar-refractivity contribution in [3.63, 3.8) is 0 Å². The van der Waals surface area contributed by atoms with Gasteiger partial charge in [-0.15, -0.1) is 6.58 Å². The van der Waals surface area contributed by atoms with Crippen LogP contribution in [-0.2, 0) is 9.83 Å². The van der Waals surface area contributed by atoms with Crippen molar-refractivity contribution in [2.45, 2.75) is 13.3 Å². The van der Waals surface area contributed by atoms with Crippen LogP contribution in [0.25, 0.3) is 0 Å². The Morgan fingerprint density at radius 2 is 2.44 bits per heavy atom. The second-order valence-electron chi connectivity index (χ2n) is 1.58. The Hall–Kier alpha value is 0.240. The smallest absolute Gasteiger partial charge is 0.0842 e. The van der Waals surface area contributed by atoms with Gasteiger partial charge in [0.25, 0.3) is 0 Å². The Bertz CT molecular complexity index is 101. The molecule has 0 aliphatic heterocycles. The third-order valence-corrected chi connectivity index (χ3v) is 3.72. The Balaban J connectivity index is 3.16. The largest absolute Gasteiger partial charge is 0.248 e. The second kappa shape index (κ2) is 6.36. The van der Waals surface area contributed by atoms with Crippen molar-refractivity contribution in [3.8, 4) is 0 Å². The molecule has 9 heavy (non-hydrogen) atoms. The topological polar surface area (TPSA) is 17.1 Å². The molecule has 1 atom stereocenters. The summed E-state index contributed by atoms with van der Waals surface area (Å²) >= 11 is 0. The Morgan fingerprint density at radius 1 is 1.78 bits per heavy atom. The first kappa shape index (κ1) is 9.24. The van der Waals surface area contributed by atoms with Crippen molar-refractivity contribution in [2.24, 2.45) is 0 Å². The summed E-state index contributed by atoms with van der Waals surface area (Å²) in [6.45, 7) is 5.58. The SMILES string of the molecule is C=CCS(=O)SCCC. The van der Waals surface area contributed by atoms with Gasteiger partial charge in [0.1, 0.15) is 0 Å². The predicted molar refractivity (Wildman–Crippen MR) is 46.0 cm³/mol. The molecule has 0 heterocycles. The third kappa shape index (κ3) is 6.12. The number of hydrogen-bond acceptors (Lipinski definition) is 2. The summed E-state index contributed by atoms with van der Waals surface area (Å²) in [5, 5.41) is 0. The van der Waals surface area contributed by atoms with Crippen LogP contribution in [0.4, 0.5) is 0 Å². The summed E-state index contributed by atoms with van der Waals surface area (Å²) in [6, 6.07) is 0. The highest BCUT2D eigenvalue weighted by Gasteiger charge is 1.93. The van der Waals surface area contributed by atoms with Crippen molar-refractivity contribution in [2.75, 3.05) is 11.5 Å². The Kier molecular flexibility index (Phi) is 6.53. The van der Waals surface area contributed by atoms with Gasteiger partial charge in [-0.25, -0.2) is 4.21 Å². The fourth-order valence-corrected chi connectivity index (χ4v) is 2.60. The molecular formula is C6H12OS2. The molecule has 1 nitrogen and oxygen atoms in total. The lowest BCUT2D eigenvalue weighted by molar-refractivity contribution is 0.693. The molecule has 0 aromatic rings. The van der Waals surface area contributed by atoms with Crippen molar-refractivity contribution >= 4 is 20.6 Å². The highest BCUT2D eigenvalue weighted by Crippen LogP contribution is 2.08. The summed E-state index contributed by atoms with van der Waals surface area (Å²) in [7, 11) is 0.781. The van der Waals surface area contributed by atoms with Gasteiger partial charge in [0.15, 0.2) is 0 Å². The minimum absolute atomic E-state index is 0.616. The predicted octanol–water partition coefficient (Wildman–Crippen LogP) is 1.98. The average Bonchev–Trinajstić information content (AvgIpc) is 1.85. The van der Waals surface area contributed by atoms with Gasteiger partial charge in [-0.2, -0.15) is 0 Å². The summed E-state index contributed by atoms with van der Waals surface area (Å²) in [4.78, 5) is 0. The normalized spacial score (nSPS) is 13.0. The molecule has 0 aromatic heterocycles. The van der Waals surface area contributed by atoms with Crippen LogP contribution in [0.2, 0.25) is 0 Å². The van der Waals surface area contributed by atoms with Gasteiger partial charge in [0.05, 0.1) is 15.6 Å². The van der Waals surface area contributed by atoms with E-state index in [4.69, 9.17) is 0 Å². The zero-order valence-electron chi connectivity index (χ0n) is 5.63. The molecule has 3 heteroatoms. The monoisotopic (exact) mass is 164 g/mol. The van der Waals surface area contributed by atoms with Crippen molar-refractivity contribution in [3.05, 3.63) is 12.7 Å². The van der Waals surface area contributed by atoms with Crippen LogP contribution in [-0.4, -0.2) is 15.7 Å². The highest BCUT2D eigenvalue weighted by molar-refractivity contribution is 8.69. The van der Waals surface area contributed by atoms with E-state index in [9.17, 15) is 4.21 Å². The van der Waals surface area contributed by atoms with E-state index in [1.165, 1.54) is 10.8 Å². The molecule has 0 aromatic carbocycles. The van der Waals surface area contributed by atoms with Gasteiger partial charge in [-0.05, 0) is 6.42 Å². The first-order valence-corrected chi connectivity index (χ1v) is 5.76. The van der Waals surface area contributed by atoms with Crippen LogP contribution < -0.4 is 0 Å². The van der Waals surface area contributed by atoms with Crippen molar-refractivity contribution in [1.29, 1.82) is 0 Å². The van der Waals surface area contributed by atoms with Crippen molar-refractivity contribution < 1.29 is 4.21 Å². The van der Waals surface area contributed by atoms with E-state index in [1.54, 1.807) is 6.08 Å². The molecule has 0 fully saturated rings. The van der Waals surface area contributed by atoms with Crippen molar-refractivity contribution in [1.82, 2.24) is 0 Å². The quantitative estimate of drug-likeness (QED) is 0.456. The van der Waals surface area contributed by atoms with E-state index in [-0.39, 0.29) is 0 Å². The molecule has 0 saturated heterocycles. The maximum absolute atomic E-state index is 10.8. The van der Waals surface area contributed by atoms with Gasteiger partial charge < -0.3 is 0 Å². The van der Waals surface area contributed by atoms with Gasteiger partial charge in [0, 0.05) is 5.75 Å². The van der Waals surface area contributed by atoms with Gasteiger partial charge in [-0.1, -0.05) is 23.8 Å². The van der Waals surface area contributed by atoms with Crippen LogP contribution >= 0.6 is 10.8 Å². The lowest BCUT2D eigenvalue weighted by atomic mass is 10.6. The Labute approximate surface area is 62.8 Å². The summed E-state index contributed by atoms with van der Waals surface area (Å²) in [5.41, 5.74) is 0. The van der Waals surface area contributed by atoms with Crippen LogP contribution in [0.3, 0.4) is 0 Å². The molecule has 0 aliphatic rings. The summed E-state index contributed by atoms with van der Waals surface area (Å²) in [6.07, 6.45) is 2.78. The highest BCUT2D eigenvalue weighted by atomic mass is 33.1. The van der Waals surface area contributed by atoms with Gasteiger partial charge >= 0.3 is 0 Å². The third-order valence-electron chi connectivity index (χ3n) is 0.673. The minimum Gasteiger partial charge on any atom is -0.248 e. The van der Waals surface area contributed by atoms with Crippen LogP contribution in [0.15, 0.2) is 12.7 Å². The van der Waals surface area contributed by atoms with E-state index >= 15 is 0 Å². The van der Waals surface area contributed by atoms with E-state index in [2.05, 4.69) is 13.5 Å². The van der Waals surface area contributed by atoms with Crippen LogP contribution in [0, 0.1) is 0 Å². The molecule has 54 valence electrons. The fourth-order valence-electron chi connectivity index (χ4n) is 0.321. The van der Waals surface area contributed by atoms with Crippen LogP contribution in [0.1, 0.15) is 13.3 Å². The fraction of sp³-hybridized carbons (Fsp3) is 0.667. The molecular weight excluding hydrogens is 152 g/mol. The Morgan fingerprint density at radius 3 is 2.89 bits per heavy atom. The van der Waals surface area contributed by atoms with E-state index in [1.807, 2.05) is 0 Å². The van der Waals surface area contributed by atoms with Gasteiger partial charge in [-0.3, -0.25) is 0 Å².